The van der Waals surface area contributed by atoms with Gasteiger partial charge in [0.25, 0.3) is 5.91 Å². The zero-order valence-corrected chi connectivity index (χ0v) is 13.9. The highest BCUT2D eigenvalue weighted by Gasteiger charge is 2.44. The van der Waals surface area contributed by atoms with Crippen molar-refractivity contribution in [2.24, 2.45) is 5.41 Å². The highest BCUT2D eigenvalue weighted by Crippen LogP contribution is 2.28. The summed E-state index contributed by atoms with van der Waals surface area (Å²) in [6.45, 7) is 6.02. The van der Waals surface area contributed by atoms with E-state index in [4.69, 9.17) is 11.6 Å². The standard InChI is InChI=1S/C14H16BrClN2O2/c1-14(2,3)11-12(19)18(13(20)17-11)7-8-4-5-9(16)6-10(8)15/h4-6,11H,7H2,1-3H3,(H,17,20). The molecule has 1 aliphatic rings. The molecule has 0 aromatic heterocycles. The third kappa shape index (κ3) is 2.99. The first kappa shape index (κ1) is 15.3. The summed E-state index contributed by atoms with van der Waals surface area (Å²) < 4.78 is 0.782. The van der Waals surface area contributed by atoms with Crippen molar-refractivity contribution in [1.82, 2.24) is 10.2 Å². The van der Waals surface area contributed by atoms with Crippen molar-refractivity contribution < 1.29 is 9.59 Å². The molecule has 0 aliphatic carbocycles. The Morgan fingerprint density at radius 2 is 2.00 bits per heavy atom. The molecule has 2 rings (SSSR count). The SMILES string of the molecule is CC(C)(C)C1NC(=O)N(Cc2ccc(Cl)cc2Br)C1=O. The van der Waals surface area contributed by atoms with Gasteiger partial charge in [-0.25, -0.2) is 4.79 Å². The van der Waals surface area contributed by atoms with Gasteiger partial charge >= 0.3 is 6.03 Å². The molecule has 20 heavy (non-hydrogen) atoms. The Hall–Kier alpha value is -1.07. The monoisotopic (exact) mass is 358 g/mol. The van der Waals surface area contributed by atoms with Crippen LogP contribution in [-0.2, 0) is 11.3 Å². The lowest BCUT2D eigenvalue weighted by atomic mass is 9.87. The van der Waals surface area contributed by atoms with Crippen LogP contribution < -0.4 is 5.32 Å². The number of imide groups is 1. The van der Waals surface area contributed by atoms with Crippen LogP contribution in [0.1, 0.15) is 26.3 Å². The molecule has 1 unspecified atom stereocenters. The number of carbonyl (C=O) groups is 2. The number of benzene rings is 1. The molecule has 6 heteroatoms. The fourth-order valence-corrected chi connectivity index (χ4v) is 2.88. The Kier molecular flexibility index (Phi) is 4.12. The average Bonchev–Trinajstić information content (AvgIpc) is 2.59. The van der Waals surface area contributed by atoms with Crippen molar-refractivity contribution in [2.75, 3.05) is 0 Å². The number of halogens is 2. The van der Waals surface area contributed by atoms with E-state index >= 15 is 0 Å². The van der Waals surface area contributed by atoms with Crippen LogP contribution in [0.2, 0.25) is 5.02 Å². The van der Waals surface area contributed by atoms with Crippen LogP contribution in [0.25, 0.3) is 0 Å². The summed E-state index contributed by atoms with van der Waals surface area (Å²) in [4.78, 5) is 25.6. The highest BCUT2D eigenvalue weighted by atomic mass is 79.9. The van der Waals surface area contributed by atoms with Crippen LogP contribution in [0.3, 0.4) is 0 Å². The third-order valence-electron chi connectivity index (χ3n) is 3.24. The van der Waals surface area contributed by atoms with Gasteiger partial charge in [-0.2, -0.15) is 0 Å². The van der Waals surface area contributed by atoms with Crippen molar-refractivity contribution in [3.8, 4) is 0 Å². The Morgan fingerprint density at radius 1 is 1.35 bits per heavy atom. The van der Waals surface area contributed by atoms with E-state index in [1.807, 2.05) is 20.8 Å². The van der Waals surface area contributed by atoms with Crippen molar-refractivity contribution in [1.29, 1.82) is 0 Å². The summed E-state index contributed by atoms with van der Waals surface area (Å²) >= 11 is 9.28. The first-order valence-electron chi connectivity index (χ1n) is 6.26. The molecule has 1 heterocycles. The molecule has 0 saturated carbocycles. The zero-order valence-electron chi connectivity index (χ0n) is 11.5. The lowest BCUT2D eigenvalue weighted by Crippen LogP contribution is -2.41. The van der Waals surface area contributed by atoms with Gasteiger partial charge < -0.3 is 5.32 Å². The fraction of sp³-hybridized carbons (Fsp3) is 0.429. The van der Waals surface area contributed by atoms with Crippen molar-refractivity contribution in [2.45, 2.75) is 33.4 Å². The number of carbonyl (C=O) groups excluding carboxylic acids is 2. The van der Waals surface area contributed by atoms with Gasteiger partial charge in [0.2, 0.25) is 0 Å². The summed E-state index contributed by atoms with van der Waals surface area (Å²) in [5, 5.41) is 3.34. The molecule has 1 saturated heterocycles. The maximum absolute atomic E-state index is 12.3. The minimum absolute atomic E-state index is 0.190. The average molecular weight is 360 g/mol. The molecule has 0 bridgehead atoms. The van der Waals surface area contributed by atoms with Crippen LogP contribution >= 0.6 is 27.5 Å². The molecule has 3 amide bonds. The summed E-state index contributed by atoms with van der Waals surface area (Å²) in [5.74, 6) is -0.190. The Labute approximate surface area is 131 Å². The van der Waals surface area contributed by atoms with E-state index < -0.39 is 6.04 Å². The number of nitrogens with zero attached hydrogens (tertiary/aromatic N) is 1. The van der Waals surface area contributed by atoms with Gasteiger partial charge in [0.1, 0.15) is 6.04 Å². The maximum Gasteiger partial charge on any atom is 0.325 e. The molecule has 1 fully saturated rings. The summed E-state index contributed by atoms with van der Waals surface area (Å²) in [7, 11) is 0. The van der Waals surface area contributed by atoms with E-state index in [2.05, 4.69) is 21.2 Å². The molecular weight excluding hydrogens is 344 g/mol. The van der Waals surface area contributed by atoms with Gasteiger partial charge in [-0.3, -0.25) is 9.69 Å². The smallest absolute Gasteiger partial charge is 0.325 e. The largest absolute Gasteiger partial charge is 0.325 e. The van der Waals surface area contributed by atoms with Crippen LogP contribution in [-0.4, -0.2) is 22.9 Å². The predicted molar refractivity (Wildman–Crippen MR) is 81.5 cm³/mol. The second kappa shape index (κ2) is 5.37. The molecule has 1 aromatic carbocycles. The highest BCUT2D eigenvalue weighted by molar-refractivity contribution is 9.10. The minimum atomic E-state index is -0.485. The second-order valence-electron chi connectivity index (χ2n) is 5.91. The van der Waals surface area contributed by atoms with Gasteiger partial charge in [0, 0.05) is 9.50 Å². The summed E-state index contributed by atoms with van der Waals surface area (Å²) in [6.07, 6.45) is 0. The molecular formula is C14H16BrClN2O2. The number of rotatable bonds is 2. The lowest BCUT2D eigenvalue weighted by molar-refractivity contribution is -0.129. The van der Waals surface area contributed by atoms with E-state index in [1.54, 1.807) is 18.2 Å². The third-order valence-corrected chi connectivity index (χ3v) is 4.21. The number of hydrogen-bond donors (Lipinski definition) is 1. The van der Waals surface area contributed by atoms with Crippen LogP contribution in [0, 0.1) is 5.41 Å². The summed E-state index contributed by atoms with van der Waals surface area (Å²) in [6, 6.07) is 4.45. The first-order valence-corrected chi connectivity index (χ1v) is 7.43. The maximum atomic E-state index is 12.3. The number of amides is 3. The van der Waals surface area contributed by atoms with Crippen LogP contribution in [0.15, 0.2) is 22.7 Å². The van der Waals surface area contributed by atoms with E-state index in [9.17, 15) is 9.59 Å². The van der Waals surface area contributed by atoms with Gasteiger partial charge in [-0.15, -0.1) is 0 Å². The first-order chi connectivity index (χ1) is 9.20. The van der Waals surface area contributed by atoms with E-state index in [1.165, 1.54) is 4.90 Å². The molecule has 4 nitrogen and oxygen atoms in total. The van der Waals surface area contributed by atoms with Gasteiger partial charge in [0.05, 0.1) is 6.54 Å². The second-order valence-corrected chi connectivity index (χ2v) is 7.20. The van der Waals surface area contributed by atoms with Gasteiger partial charge in [-0.1, -0.05) is 54.4 Å². The Morgan fingerprint density at radius 3 is 2.50 bits per heavy atom. The fourth-order valence-electron chi connectivity index (χ4n) is 2.08. The molecule has 1 aliphatic heterocycles. The van der Waals surface area contributed by atoms with E-state index in [0.717, 1.165) is 10.0 Å². The van der Waals surface area contributed by atoms with Crippen molar-refractivity contribution in [3.05, 3.63) is 33.3 Å². The molecule has 1 atom stereocenters. The van der Waals surface area contributed by atoms with Crippen LogP contribution in [0.4, 0.5) is 4.79 Å². The molecule has 1 N–H and O–H groups in total. The predicted octanol–water partition coefficient (Wildman–Crippen LogP) is 3.57. The Balaban J connectivity index is 2.22. The number of hydrogen-bond acceptors (Lipinski definition) is 2. The normalized spacial score (nSPS) is 19.4. The quantitative estimate of drug-likeness (QED) is 0.821. The molecule has 0 spiro atoms. The summed E-state index contributed by atoms with van der Waals surface area (Å²) in [5.41, 5.74) is 0.533. The molecule has 0 radical (unpaired) electrons. The molecule has 108 valence electrons. The minimum Gasteiger partial charge on any atom is -0.325 e. The van der Waals surface area contributed by atoms with Crippen LogP contribution in [0.5, 0.6) is 0 Å². The van der Waals surface area contributed by atoms with Crippen molar-refractivity contribution >= 4 is 39.5 Å². The van der Waals surface area contributed by atoms with Gasteiger partial charge in [0.15, 0.2) is 0 Å². The Bertz CT molecular complexity index is 569. The number of nitrogens with one attached hydrogen (secondary N) is 1. The lowest BCUT2D eigenvalue weighted by Gasteiger charge is -2.24. The van der Waals surface area contributed by atoms with Crippen molar-refractivity contribution in [3.63, 3.8) is 0 Å². The topological polar surface area (TPSA) is 49.4 Å². The van der Waals surface area contributed by atoms with Gasteiger partial charge in [-0.05, 0) is 23.1 Å². The van der Waals surface area contributed by atoms with E-state index in [-0.39, 0.29) is 23.9 Å². The molecule has 1 aromatic rings. The number of urea groups is 1. The van der Waals surface area contributed by atoms with E-state index in [0.29, 0.717) is 5.02 Å². The zero-order chi connectivity index (χ0) is 15.1.